The number of nitrogens with zero attached hydrogens (tertiary/aromatic N) is 1. The van der Waals surface area contributed by atoms with Gasteiger partial charge < -0.3 is 5.32 Å². The first kappa shape index (κ1) is 14.2. The number of benzene rings is 1. The fourth-order valence-electron chi connectivity index (χ4n) is 2.69. The highest BCUT2D eigenvalue weighted by molar-refractivity contribution is 9.10. The van der Waals surface area contributed by atoms with Crippen molar-refractivity contribution in [3.63, 3.8) is 0 Å². The number of thiophene rings is 1. The van der Waals surface area contributed by atoms with Crippen LogP contribution in [0.15, 0.2) is 39.5 Å². The highest BCUT2D eigenvalue weighted by Crippen LogP contribution is 2.35. The van der Waals surface area contributed by atoms with Crippen molar-refractivity contribution in [2.45, 2.75) is 6.04 Å². The molecule has 0 unspecified atom stereocenters. The molecule has 5 heteroatoms. The van der Waals surface area contributed by atoms with Crippen LogP contribution >= 0.6 is 27.3 Å². The zero-order valence-corrected chi connectivity index (χ0v) is 13.4. The van der Waals surface area contributed by atoms with Crippen LogP contribution in [0.1, 0.15) is 17.2 Å². The Hall–Kier alpha value is -0.750. The van der Waals surface area contributed by atoms with Crippen molar-refractivity contribution in [2.24, 2.45) is 0 Å². The third-order valence-electron chi connectivity index (χ3n) is 3.65. The predicted octanol–water partition coefficient (Wildman–Crippen LogP) is 3.64. The summed E-state index contributed by atoms with van der Waals surface area (Å²) in [7, 11) is 0. The summed E-state index contributed by atoms with van der Waals surface area (Å²) in [5, 5.41) is 7.61. The van der Waals surface area contributed by atoms with Crippen LogP contribution in [0.4, 0.5) is 4.39 Å². The van der Waals surface area contributed by atoms with E-state index in [2.05, 4.69) is 43.0 Å². The Bertz CT molecular complexity index is 567. The van der Waals surface area contributed by atoms with E-state index in [1.807, 2.05) is 6.07 Å². The molecule has 1 aliphatic rings. The lowest BCUT2D eigenvalue weighted by molar-refractivity contribution is 0.198. The second-order valence-electron chi connectivity index (χ2n) is 4.89. The minimum Gasteiger partial charge on any atom is -0.314 e. The molecule has 1 aromatic carbocycles. The van der Waals surface area contributed by atoms with Crippen molar-refractivity contribution in [2.75, 3.05) is 26.2 Å². The van der Waals surface area contributed by atoms with Crippen LogP contribution in [0.2, 0.25) is 0 Å². The second-order valence-corrected chi connectivity index (χ2v) is 6.46. The molecule has 1 saturated heterocycles. The number of rotatable bonds is 3. The van der Waals surface area contributed by atoms with Gasteiger partial charge in [-0.1, -0.05) is 12.1 Å². The average molecular weight is 355 g/mol. The van der Waals surface area contributed by atoms with E-state index in [0.29, 0.717) is 4.47 Å². The monoisotopic (exact) mass is 354 g/mol. The molecule has 2 nitrogen and oxygen atoms in total. The fourth-order valence-corrected chi connectivity index (χ4v) is 3.85. The van der Waals surface area contributed by atoms with Gasteiger partial charge in [0.15, 0.2) is 0 Å². The van der Waals surface area contributed by atoms with Crippen LogP contribution in [-0.4, -0.2) is 31.1 Å². The van der Waals surface area contributed by atoms with Crippen LogP contribution in [-0.2, 0) is 0 Å². The molecule has 1 atom stereocenters. The molecule has 0 bridgehead atoms. The minimum absolute atomic E-state index is 0.119. The van der Waals surface area contributed by atoms with Gasteiger partial charge in [0.2, 0.25) is 0 Å². The predicted molar refractivity (Wildman–Crippen MR) is 84.7 cm³/mol. The Kier molecular flexibility index (Phi) is 4.51. The van der Waals surface area contributed by atoms with E-state index in [4.69, 9.17) is 0 Å². The molecule has 0 spiro atoms. The highest BCUT2D eigenvalue weighted by atomic mass is 79.9. The standard InChI is InChI=1S/C15H16BrFN2S/c16-14-12(2-1-3-13(14)17)15(11-4-9-20-10-11)19-7-5-18-6-8-19/h1-4,9-10,15,18H,5-8H2/t15-/m0/s1. The number of hydrogen-bond acceptors (Lipinski definition) is 3. The number of halogens is 2. The minimum atomic E-state index is -0.196. The summed E-state index contributed by atoms with van der Waals surface area (Å²) in [6.07, 6.45) is 0. The summed E-state index contributed by atoms with van der Waals surface area (Å²) >= 11 is 5.10. The van der Waals surface area contributed by atoms with E-state index in [-0.39, 0.29) is 11.9 Å². The molecule has 1 aliphatic heterocycles. The zero-order valence-electron chi connectivity index (χ0n) is 11.0. The molecule has 0 amide bonds. The second kappa shape index (κ2) is 6.35. The normalized spacial score (nSPS) is 18.1. The van der Waals surface area contributed by atoms with E-state index >= 15 is 0 Å². The molecule has 106 valence electrons. The summed E-state index contributed by atoms with van der Waals surface area (Å²) in [6.45, 7) is 3.91. The molecule has 0 saturated carbocycles. The smallest absolute Gasteiger partial charge is 0.137 e. The first-order valence-electron chi connectivity index (χ1n) is 6.68. The summed E-state index contributed by atoms with van der Waals surface area (Å²) in [5.41, 5.74) is 2.24. The van der Waals surface area contributed by atoms with Crippen LogP contribution in [0.3, 0.4) is 0 Å². The number of nitrogens with one attached hydrogen (secondary N) is 1. The van der Waals surface area contributed by atoms with Gasteiger partial charge in [0, 0.05) is 26.2 Å². The zero-order chi connectivity index (χ0) is 13.9. The van der Waals surface area contributed by atoms with E-state index in [0.717, 1.165) is 31.7 Å². The summed E-state index contributed by atoms with van der Waals surface area (Å²) in [4.78, 5) is 2.41. The van der Waals surface area contributed by atoms with Crippen molar-refractivity contribution in [3.8, 4) is 0 Å². The van der Waals surface area contributed by atoms with Crippen LogP contribution in [0, 0.1) is 5.82 Å². The lowest BCUT2D eigenvalue weighted by Gasteiger charge is -2.35. The molecular weight excluding hydrogens is 339 g/mol. The van der Waals surface area contributed by atoms with Gasteiger partial charge in [-0.15, -0.1) is 0 Å². The molecular formula is C15H16BrFN2S. The molecule has 2 heterocycles. The number of hydrogen-bond donors (Lipinski definition) is 1. The van der Waals surface area contributed by atoms with Gasteiger partial charge in [0.05, 0.1) is 10.5 Å². The molecule has 0 radical (unpaired) electrons. The van der Waals surface area contributed by atoms with Gasteiger partial charge >= 0.3 is 0 Å². The van der Waals surface area contributed by atoms with Crippen molar-refractivity contribution in [3.05, 3.63) is 56.4 Å². The average Bonchev–Trinajstić information content (AvgIpc) is 2.99. The quantitative estimate of drug-likeness (QED) is 0.904. The molecule has 3 rings (SSSR count). The first-order valence-corrected chi connectivity index (χ1v) is 8.41. The third-order valence-corrected chi connectivity index (χ3v) is 5.19. The van der Waals surface area contributed by atoms with Crippen LogP contribution < -0.4 is 5.32 Å². The Morgan fingerprint density at radius 3 is 2.75 bits per heavy atom. The molecule has 1 aromatic heterocycles. The third kappa shape index (κ3) is 2.81. The van der Waals surface area contributed by atoms with E-state index in [1.54, 1.807) is 17.4 Å². The van der Waals surface area contributed by atoms with Gasteiger partial charge in [-0.3, -0.25) is 4.90 Å². The first-order chi connectivity index (χ1) is 9.77. The van der Waals surface area contributed by atoms with Gasteiger partial charge in [-0.2, -0.15) is 11.3 Å². The van der Waals surface area contributed by atoms with Crippen LogP contribution in [0.5, 0.6) is 0 Å². The summed E-state index contributed by atoms with van der Waals surface area (Å²) in [6, 6.07) is 7.55. The maximum atomic E-state index is 13.9. The van der Waals surface area contributed by atoms with Crippen molar-refractivity contribution >= 4 is 27.3 Å². The number of piperazine rings is 1. The summed E-state index contributed by atoms with van der Waals surface area (Å²) < 4.78 is 14.5. The van der Waals surface area contributed by atoms with Gasteiger partial charge in [0.25, 0.3) is 0 Å². The molecule has 20 heavy (non-hydrogen) atoms. The maximum absolute atomic E-state index is 13.9. The van der Waals surface area contributed by atoms with Gasteiger partial charge in [0.1, 0.15) is 5.82 Å². The Balaban J connectivity index is 2.03. The van der Waals surface area contributed by atoms with Crippen molar-refractivity contribution < 1.29 is 4.39 Å². The summed E-state index contributed by atoms with van der Waals surface area (Å²) in [5.74, 6) is -0.196. The van der Waals surface area contributed by atoms with E-state index in [9.17, 15) is 4.39 Å². The molecule has 1 fully saturated rings. The van der Waals surface area contributed by atoms with Crippen molar-refractivity contribution in [1.82, 2.24) is 10.2 Å². The largest absolute Gasteiger partial charge is 0.314 e. The van der Waals surface area contributed by atoms with Crippen molar-refractivity contribution in [1.29, 1.82) is 0 Å². The maximum Gasteiger partial charge on any atom is 0.137 e. The van der Waals surface area contributed by atoms with E-state index < -0.39 is 0 Å². The lowest BCUT2D eigenvalue weighted by atomic mass is 9.98. The van der Waals surface area contributed by atoms with Gasteiger partial charge in [-0.25, -0.2) is 4.39 Å². The Morgan fingerprint density at radius 2 is 2.05 bits per heavy atom. The fraction of sp³-hybridized carbons (Fsp3) is 0.333. The molecule has 1 N–H and O–H groups in total. The lowest BCUT2D eigenvalue weighted by Crippen LogP contribution is -2.45. The Morgan fingerprint density at radius 1 is 1.25 bits per heavy atom. The SMILES string of the molecule is Fc1cccc([C@H](c2ccsc2)N2CCNCC2)c1Br. The molecule has 2 aromatic rings. The van der Waals surface area contributed by atoms with Gasteiger partial charge in [-0.05, 0) is 49.9 Å². The Labute approximate surface area is 130 Å². The van der Waals surface area contributed by atoms with Crippen LogP contribution in [0.25, 0.3) is 0 Å². The van der Waals surface area contributed by atoms with E-state index in [1.165, 1.54) is 11.6 Å². The topological polar surface area (TPSA) is 15.3 Å². The highest BCUT2D eigenvalue weighted by Gasteiger charge is 2.26. The molecule has 0 aliphatic carbocycles.